The van der Waals surface area contributed by atoms with Gasteiger partial charge in [-0.2, -0.15) is 0 Å². The van der Waals surface area contributed by atoms with E-state index in [1.54, 1.807) is 27.7 Å². The highest BCUT2D eigenvalue weighted by Crippen LogP contribution is 2.33. The minimum absolute atomic E-state index is 0.615. The van der Waals surface area contributed by atoms with Crippen LogP contribution in [-0.2, 0) is 47.7 Å². The monoisotopic (exact) mass is 446 g/mol. The van der Waals surface area contributed by atoms with Crippen molar-refractivity contribution in [3.05, 3.63) is 0 Å². The van der Waals surface area contributed by atoms with Crippen molar-refractivity contribution in [1.29, 1.82) is 0 Å². The van der Waals surface area contributed by atoms with E-state index in [2.05, 4.69) is 0 Å². The quantitative estimate of drug-likeness (QED) is 0.424. The van der Waals surface area contributed by atoms with Crippen molar-refractivity contribution < 1.29 is 52.8 Å². The van der Waals surface area contributed by atoms with Gasteiger partial charge in [0.25, 0.3) is 0 Å². The summed E-state index contributed by atoms with van der Waals surface area (Å²) in [5, 5.41) is 10.8. The number of aliphatic hydroxyl groups is 1. The third-order valence-corrected chi connectivity index (χ3v) is 4.32. The molecule has 1 fully saturated rings. The van der Waals surface area contributed by atoms with Gasteiger partial charge in [0, 0.05) is 20.8 Å². The molecule has 0 aliphatic heterocycles. The molecule has 2 unspecified atom stereocenters. The highest BCUT2D eigenvalue weighted by Gasteiger charge is 2.59. The normalized spacial score (nSPS) is 27.9. The summed E-state index contributed by atoms with van der Waals surface area (Å²) in [4.78, 5) is 59.7. The van der Waals surface area contributed by atoms with Crippen LogP contribution >= 0.6 is 0 Å². The van der Waals surface area contributed by atoms with E-state index >= 15 is 0 Å². The molecule has 0 saturated heterocycles. The predicted octanol–water partition coefficient (Wildman–Crippen LogP) is 0.292. The van der Waals surface area contributed by atoms with Gasteiger partial charge >= 0.3 is 29.8 Å². The Morgan fingerprint density at radius 3 is 1.06 bits per heavy atom. The standard InChI is InChI=1S/C20H30O11/c1-8(2)19(25)30-16-14(27-10(5)21)13(24)15(28-11(6)22)17(18(16)29-12(7)23)31-20(26)9(3)4/h8-9,13-18,24H,1-7H3/t13?,14-,15+,16-,17-,18?/m1/s1. The van der Waals surface area contributed by atoms with E-state index in [9.17, 15) is 29.1 Å². The highest BCUT2D eigenvalue weighted by molar-refractivity contribution is 5.73. The van der Waals surface area contributed by atoms with Crippen LogP contribution in [0, 0.1) is 11.8 Å². The molecule has 1 saturated carbocycles. The minimum Gasteiger partial charge on any atom is -0.455 e. The number of esters is 5. The summed E-state index contributed by atoms with van der Waals surface area (Å²) in [7, 11) is 0. The summed E-state index contributed by atoms with van der Waals surface area (Å²) in [6, 6.07) is 0. The zero-order valence-corrected chi connectivity index (χ0v) is 18.6. The number of ether oxygens (including phenoxy) is 5. The minimum atomic E-state index is -1.76. The van der Waals surface area contributed by atoms with Gasteiger partial charge in [-0.3, -0.25) is 24.0 Å². The van der Waals surface area contributed by atoms with Crippen LogP contribution in [0.2, 0.25) is 0 Å². The molecule has 176 valence electrons. The van der Waals surface area contributed by atoms with Crippen molar-refractivity contribution >= 4 is 29.8 Å². The van der Waals surface area contributed by atoms with Crippen LogP contribution in [0.3, 0.4) is 0 Å². The third-order valence-electron chi connectivity index (χ3n) is 4.32. The van der Waals surface area contributed by atoms with Crippen molar-refractivity contribution in [3.63, 3.8) is 0 Å². The molecule has 1 rings (SSSR count). The van der Waals surface area contributed by atoms with Gasteiger partial charge in [-0.25, -0.2) is 0 Å². The van der Waals surface area contributed by atoms with Crippen molar-refractivity contribution in [3.8, 4) is 0 Å². The Morgan fingerprint density at radius 2 is 0.806 bits per heavy atom. The number of rotatable bonds is 7. The second kappa shape index (κ2) is 11.1. The molecule has 0 heterocycles. The van der Waals surface area contributed by atoms with Crippen molar-refractivity contribution in [2.75, 3.05) is 0 Å². The van der Waals surface area contributed by atoms with Crippen LogP contribution < -0.4 is 0 Å². The Morgan fingerprint density at radius 1 is 0.548 bits per heavy atom. The molecular formula is C20H30O11. The molecule has 1 aliphatic carbocycles. The fraction of sp³-hybridized carbons (Fsp3) is 0.750. The van der Waals surface area contributed by atoms with Crippen LogP contribution in [0.1, 0.15) is 48.5 Å². The fourth-order valence-corrected chi connectivity index (χ4v) is 2.93. The first-order valence-electron chi connectivity index (χ1n) is 9.86. The smallest absolute Gasteiger partial charge is 0.308 e. The Balaban J connectivity index is 3.56. The van der Waals surface area contributed by atoms with E-state index < -0.39 is 78.3 Å². The van der Waals surface area contributed by atoms with Crippen molar-refractivity contribution in [2.45, 2.75) is 85.1 Å². The van der Waals surface area contributed by atoms with Crippen LogP contribution in [0.25, 0.3) is 0 Å². The van der Waals surface area contributed by atoms with Crippen LogP contribution in [0.4, 0.5) is 0 Å². The molecule has 6 atom stereocenters. The Kier molecular flexibility index (Phi) is 9.41. The average Bonchev–Trinajstić information content (AvgIpc) is 2.62. The predicted molar refractivity (Wildman–Crippen MR) is 102 cm³/mol. The molecular weight excluding hydrogens is 416 g/mol. The maximum Gasteiger partial charge on any atom is 0.308 e. The fourth-order valence-electron chi connectivity index (χ4n) is 2.93. The van der Waals surface area contributed by atoms with Gasteiger partial charge < -0.3 is 28.8 Å². The summed E-state index contributed by atoms with van der Waals surface area (Å²) < 4.78 is 26.3. The molecule has 31 heavy (non-hydrogen) atoms. The van der Waals surface area contributed by atoms with Crippen molar-refractivity contribution in [2.24, 2.45) is 11.8 Å². The van der Waals surface area contributed by atoms with Gasteiger partial charge in [-0.15, -0.1) is 0 Å². The topological polar surface area (TPSA) is 152 Å². The van der Waals surface area contributed by atoms with E-state index in [0.717, 1.165) is 20.8 Å². The summed E-state index contributed by atoms with van der Waals surface area (Å²) >= 11 is 0. The van der Waals surface area contributed by atoms with E-state index in [1.165, 1.54) is 0 Å². The first-order chi connectivity index (χ1) is 14.3. The van der Waals surface area contributed by atoms with Crippen LogP contribution in [0.5, 0.6) is 0 Å². The Hall–Kier alpha value is -2.69. The van der Waals surface area contributed by atoms with Gasteiger partial charge in [-0.05, 0) is 0 Å². The molecule has 0 amide bonds. The number of carbonyl (C=O) groups excluding carboxylic acids is 5. The zero-order chi connectivity index (χ0) is 24.0. The summed E-state index contributed by atoms with van der Waals surface area (Å²) in [6.45, 7) is 9.35. The number of hydrogen-bond donors (Lipinski definition) is 1. The van der Waals surface area contributed by atoms with Gasteiger partial charge in [-0.1, -0.05) is 27.7 Å². The van der Waals surface area contributed by atoms with E-state index in [-0.39, 0.29) is 0 Å². The van der Waals surface area contributed by atoms with E-state index in [0.29, 0.717) is 0 Å². The number of hydrogen-bond acceptors (Lipinski definition) is 11. The SMILES string of the molecule is CC(=O)OC1[C@H](OC(=O)C(C)C)[C@H](OC(C)=O)C(O)[C@H](OC(C)=O)[C@H]1OC(=O)C(C)C. The molecule has 0 aromatic heterocycles. The lowest BCUT2D eigenvalue weighted by Crippen LogP contribution is -2.68. The zero-order valence-electron chi connectivity index (χ0n) is 18.6. The van der Waals surface area contributed by atoms with Gasteiger partial charge in [0.2, 0.25) is 0 Å². The lowest BCUT2D eigenvalue weighted by molar-refractivity contribution is -0.257. The summed E-state index contributed by atoms with van der Waals surface area (Å²) in [6.07, 6.45) is -9.48. The molecule has 0 aromatic rings. The average molecular weight is 446 g/mol. The molecule has 1 N–H and O–H groups in total. The molecule has 0 aromatic carbocycles. The third kappa shape index (κ3) is 7.20. The van der Waals surface area contributed by atoms with Gasteiger partial charge in [0.15, 0.2) is 30.5 Å². The highest BCUT2D eigenvalue weighted by atomic mass is 16.7. The molecule has 0 radical (unpaired) electrons. The van der Waals surface area contributed by atoms with E-state index in [1.807, 2.05) is 0 Å². The largest absolute Gasteiger partial charge is 0.455 e. The summed E-state index contributed by atoms with van der Waals surface area (Å²) in [5.74, 6) is -5.23. The molecule has 11 nitrogen and oxygen atoms in total. The maximum absolute atomic E-state index is 12.3. The lowest BCUT2D eigenvalue weighted by atomic mass is 9.83. The van der Waals surface area contributed by atoms with Gasteiger partial charge in [0.1, 0.15) is 6.10 Å². The van der Waals surface area contributed by atoms with Crippen LogP contribution in [-0.4, -0.2) is 71.6 Å². The summed E-state index contributed by atoms with van der Waals surface area (Å²) in [5.41, 5.74) is 0. The number of aliphatic hydroxyl groups excluding tert-OH is 1. The lowest BCUT2D eigenvalue weighted by Gasteiger charge is -2.46. The van der Waals surface area contributed by atoms with Crippen LogP contribution in [0.15, 0.2) is 0 Å². The van der Waals surface area contributed by atoms with E-state index in [4.69, 9.17) is 23.7 Å². The van der Waals surface area contributed by atoms with Crippen molar-refractivity contribution in [1.82, 2.24) is 0 Å². The first kappa shape index (κ1) is 26.3. The number of carbonyl (C=O) groups is 5. The Labute approximate surface area is 180 Å². The van der Waals surface area contributed by atoms with Gasteiger partial charge in [0.05, 0.1) is 11.8 Å². The molecule has 11 heteroatoms. The second-order valence-electron chi connectivity index (χ2n) is 7.83. The Bertz CT molecular complexity index is 649. The molecule has 0 spiro atoms. The maximum atomic E-state index is 12.3. The first-order valence-corrected chi connectivity index (χ1v) is 9.86. The molecule has 0 bridgehead atoms. The molecule has 1 aliphatic rings. The second-order valence-corrected chi connectivity index (χ2v) is 7.83.